The number of nitrogens with one attached hydrogen (secondary N) is 3. The zero-order valence-electron chi connectivity index (χ0n) is 14.6. The fourth-order valence-corrected chi connectivity index (χ4v) is 2.04. The fraction of sp³-hybridized carbons (Fsp3) is 0.571. The molecule has 0 saturated heterocycles. The lowest BCUT2D eigenvalue weighted by atomic mass is 10.1. The maximum absolute atomic E-state index is 12.1. The van der Waals surface area contributed by atoms with Gasteiger partial charge in [-0.1, -0.05) is 0 Å². The van der Waals surface area contributed by atoms with Crippen molar-refractivity contribution in [2.24, 2.45) is 5.73 Å². The van der Waals surface area contributed by atoms with Crippen LogP contribution in [-0.4, -0.2) is 81.4 Å². The number of carboxylic acids is 3. The molecule has 0 fully saturated rings. The average molecular weight is 422 g/mol. The first kappa shape index (κ1) is 25.1. The molecule has 0 spiro atoms. The van der Waals surface area contributed by atoms with Crippen molar-refractivity contribution >= 4 is 48.3 Å². The van der Waals surface area contributed by atoms with Crippen LogP contribution in [0.25, 0.3) is 0 Å². The van der Waals surface area contributed by atoms with Crippen molar-refractivity contribution in [2.45, 2.75) is 37.4 Å². The number of nitrogens with two attached hydrogens (primary N) is 1. The Labute approximate surface area is 164 Å². The number of carbonyl (C=O) groups is 6. The molecule has 158 valence electrons. The Kier molecular flexibility index (Phi) is 11.2. The minimum absolute atomic E-state index is 0.194. The van der Waals surface area contributed by atoms with Gasteiger partial charge in [0.15, 0.2) is 0 Å². The van der Waals surface area contributed by atoms with E-state index in [9.17, 15) is 28.8 Å². The molecule has 0 saturated carbocycles. The van der Waals surface area contributed by atoms with Crippen molar-refractivity contribution in [1.29, 1.82) is 0 Å². The van der Waals surface area contributed by atoms with E-state index in [-0.39, 0.29) is 12.2 Å². The van der Waals surface area contributed by atoms with E-state index in [2.05, 4.69) is 28.6 Å². The molecule has 0 aliphatic carbocycles. The number of aliphatic carboxylic acids is 3. The molecule has 0 bridgehead atoms. The molecular formula is C14H22N4O9S. The average Bonchev–Trinajstić information content (AvgIpc) is 2.60. The summed E-state index contributed by atoms with van der Waals surface area (Å²) in [5.74, 6) is -6.96. The summed E-state index contributed by atoms with van der Waals surface area (Å²) in [7, 11) is 0. The van der Waals surface area contributed by atoms with Crippen molar-refractivity contribution in [1.82, 2.24) is 16.0 Å². The predicted molar refractivity (Wildman–Crippen MR) is 95.5 cm³/mol. The standard InChI is InChI=1S/C14H22N4O9S/c15-6(1-2-10(20)21)12(24)18-7(3-11(22)23)13(25)16-4-9(19)17-8(5-28)14(26)27/h6-8,28H,1-5,15H2,(H,16,25)(H,17,19)(H,18,24)(H,20,21)(H,22,23)(H,26,27). The van der Waals surface area contributed by atoms with Crippen molar-refractivity contribution in [3.8, 4) is 0 Å². The van der Waals surface area contributed by atoms with E-state index in [1.807, 2.05) is 0 Å². The first-order valence-corrected chi connectivity index (χ1v) is 8.51. The van der Waals surface area contributed by atoms with E-state index in [0.29, 0.717) is 0 Å². The minimum Gasteiger partial charge on any atom is -0.481 e. The van der Waals surface area contributed by atoms with Crippen LogP contribution in [0.15, 0.2) is 0 Å². The van der Waals surface area contributed by atoms with E-state index in [1.165, 1.54) is 0 Å². The van der Waals surface area contributed by atoms with Gasteiger partial charge in [0.05, 0.1) is 19.0 Å². The summed E-state index contributed by atoms with van der Waals surface area (Å²) in [6.45, 7) is -0.673. The van der Waals surface area contributed by atoms with Crippen molar-refractivity contribution < 1.29 is 44.1 Å². The Morgan fingerprint density at radius 2 is 1.50 bits per heavy atom. The Bertz CT molecular complexity index is 628. The molecule has 3 amide bonds. The van der Waals surface area contributed by atoms with Crippen molar-refractivity contribution in [2.75, 3.05) is 12.3 Å². The van der Waals surface area contributed by atoms with Gasteiger partial charge in [-0.2, -0.15) is 12.6 Å². The highest BCUT2D eigenvalue weighted by molar-refractivity contribution is 7.80. The highest BCUT2D eigenvalue weighted by atomic mass is 32.1. The molecule has 0 aliphatic heterocycles. The number of rotatable bonds is 13. The molecule has 0 aromatic carbocycles. The SMILES string of the molecule is NC(CCC(=O)O)C(=O)NC(CC(=O)O)C(=O)NCC(=O)NC(CS)C(=O)O. The summed E-state index contributed by atoms with van der Waals surface area (Å²) in [5, 5.41) is 32.4. The number of thiol groups is 1. The smallest absolute Gasteiger partial charge is 0.327 e. The molecule has 28 heavy (non-hydrogen) atoms. The van der Waals surface area contributed by atoms with E-state index in [0.717, 1.165) is 0 Å². The summed E-state index contributed by atoms with van der Waals surface area (Å²) >= 11 is 3.75. The molecule has 13 nitrogen and oxygen atoms in total. The number of carboxylic acid groups (broad SMARTS) is 3. The second-order valence-corrected chi connectivity index (χ2v) is 5.92. The molecule has 0 aromatic rings. The van der Waals surface area contributed by atoms with Crippen LogP contribution in [0.2, 0.25) is 0 Å². The fourth-order valence-electron chi connectivity index (χ4n) is 1.79. The molecule has 0 radical (unpaired) electrons. The lowest BCUT2D eigenvalue weighted by Crippen LogP contribution is -2.54. The van der Waals surface area contributed by atoms with Crippen LogP contribution in [0.1, 0.15) is 19.3 Å². The van der Waals surface area contributed by atoms with Gasteiger partial charge >= 0.3 is 17.9 Å². The molecule has 0 rings (SSSR count). The first-order valence-electron chi connectivity index (χ1n) is 7.88. The van der Waals surface area contributed by atoms with E-state index in [1.54, 1.807) is 0 Å². The zero-order valence-corrected chi connectivity index (χ0v) is 15.5. The first-order chi connectivity index (χ1) is 13.0. The summed E-state index contributed by atoms with van der Waals surface area (Å²) in [6, 6.07) is -4.14. The highest BCUT2D eigenvalue weighted by Crippen LogP contribution is 1.99. The third-order valence-electron chi connectivity index (χ3n) is 3.26. The Morgan fingerprint density at radius 3 is 1.96 bits per heavy atom. The zero-order chi connectivity index (χ0) is 21.9. The quantitative estimate of drug-likeness (QED) is 0.138. The molecule has 3 unspecified atom stereocenters. The summed E-state index contributed by atoms with van der Waals surface area (Å²) in [5.41, 5.74) is 5.48. The molecule has 8 N–H and O–H groups in total. The second kappa shape index (κ2) is 12.5. The molecule has 0 aromatic heterocycles. The van der Waals surface area contributed by atoms with E-state index < -0.39 is 73.1 Å². The van der Waals surface area contributed by atoms with Crippen molar-refractivity contribution in [3.05, 3.63) is 0 Å². The number of carbonyl (C=O) groups excluding carboxylic acids is 3. The van der Waals surface area contributed by atoms with Crippen LogP contribution in [-0.2, 0) is 28.8 Å². The Balaban J connectivity index is 4.78. The van der Waals surface area contributed by atoms with E-state index in [4.69, 9.17) is 21.1 Å². The normalized spacial score (nSPS) is 13.5. The summed E-state index contributed by atoms with van der Waals surface area (Å²) in [4.78, 5) is 67.8. The lowest BCUT2D eigenvalue weighted by Gasteiger charge is -2.19. The van der Waals surface area contributed by atoms with Gasteiger partial charge in [0.1, 0.15) is 12.1 Å². The predicted octanol–water partition coefficient (Wildman–Crippen LogP) is -3.25. The van der Waals surface area contributed by atoms with Crippen LogP contribution in [0, 0.1) is 0 Å². The van der Waals surface area contributed by atoms with Crippen LogP contribution < -0.4 is 21.7 Å². The molecular weight excluding hydrogens is 400 g/mol. The van der Waals surface area contributed by atoms with Crippen LogP contribution >= 0.6 is 12.6 Å². The van der Waals surface area contributed by atoms with Gasteiger partial charge in [0.25, 0.3) is 0 Å². The van der Waals surface area contributed by atoms with E-state index >= 15 is 0 Å². The van der Waals surface area contributed by atoms with Crippen molar-refractivity contribution in [3.63, 3.8) is 0 Å². The van der Waals surface area contributed by atoms with Crippen LogP contribution in [0.4, 0.5) is 0 Å². The number of hydrogen-bond donors (Lipinski definition) is 8. The van der Waals surface area contributed by atoms with Gasteiger partial charge in [-0.25, -0.2) is 4.79 Å². The molecule has 3 atom stereocenters. The minimum atomic E-state index is -1.58. The topological polar surface area (TPSA) is 225 Å². The van der Waals surface area contributed by atoms with Gasteiger partial charge < -0.3 is 37.0 Å². The summed E-state index contributed by atoms with van der Waals surface area (Å²) < 4.78 is 0. The van der Waals surface area contributed by atoms with Gasteiger partial charge in [-0.3, -0.25) is 24.0 Å². The largest absolute Gasteiger partial charge is 0.481 e. The molecule has 0 heterocycles. The highest BCUT2D eigenvalue weighted by Gasteiger charge is 2.27. The van der Waals surface area contributed by atoms with Gasteiger partial charge in [0.2, 0.25) is 17.7 Å². The number of hydrogen-bond acceptors (Lipinski definition) is 8. The second-order valence-electron chi connectivity index (χ2n) is 5.56. The van der Waals surface area contributed by atoms with Gasteiger partial charge in [0, 0.05) is 12.2 Å². The molecule has 0 aliphatic rings. The summed E-state index contributed by atoms with van der Waals surface area (Å²) in [6.07, 6.45) is -1.45. The lowest BCUT2D eigenvalue weighted by molar-refractivity contribution is -0.142. The Morgan fingerprint density at radius 1 is 0.893 bits per heavy atom. The Hall–Kier alpha value is -2.87. The molecule has 14 heteroatoms. The maximum Gasteiger partial charge on any atom is 0.327 e. The third-order valence-corrected chi connectivity index (χ3v) is 3.62. The van der Waals surface area contributed by atoms with Crippen LogP contribution in [0.3, 0.4) is 0 Å². The van der Waals surface area contributed by atoms with Crippen LogP contribution in [0.5, 0.6) is 0 Å². The monoisotopic (exact) mass is 422 g/mol. The van der Waals surface area contributed by atoms with Gasteiger partial charge in [-0.05, 0) is 6.42 Å². The maximum atomic E-state index is 12.1. The third kappa shape index (κ3) is 10.3. The number of amides is 3. The van der Waals surface area contributed by atoms with Gasteiger partial charge in [-0.15, -0.1) is 0 Å².